The van der Waals surface area contributed by atoms with Gasteiger partial charge in [-0.05, 0) is 0 Å². The molecule has 0 aromatic heterocycles. The third-order valence-corrected chi connectivity index (χ3v) is 15.5. The van der Waals surface area contributed by atoms with Gasteiger partial charge in [-0.15, -0.1) is 0 Å². The molecule has 1 rings (SSSR count). The Balaban J connectivity index is 2.66. The molecule has 0 saturated heterocycles. The molecule has 0 heterocycles. The summed E-state index contributed by atoms with van der Waals surface area (Å²) in [5, 5.41) is -1.67. The molecule has 140 valence electrons. The summed E-state index contributed by atoms with van der Waals surface area (Å²) in [4.78, 5) is 0. The van der Waals surface area contributed by atoms with E-state index in [0.29, 0.717) is 0 Å². The SMILES string of the molecule is CCCCP(Br)(CCCC)(CCCC)CCCCc1ccccc1. The Hall–Kier alpha value is 0.130. The Morgan fingerprint density at radius 1 is 0.667 bits per heavy atom. The first kappa shape index (κ1) is 22.2. The number of halogens is 1. The Morgan fingerprint density at radius 3 is 1.58 bits per heavy atom. The van der Waals surface area contributed by atoms with Gasteiger partial charge in [-0.3, -0.25) is 0 Å². The topological polar surface area (TPSA) is 0 Å². The van der Waals surface area contributed by atoms with Crippen molar-refractivity contribution < 1.29 is 0 Å². The summed E-state index contributed by atoms with van der Waals surface area (Å²) in [5.74, 6) is 0. The predicted octanol–water partition coefficient (Wildman–Crippen LogP) is 8.27. The van der Waals surface area contributed by atoms with Gasteiger partial charge in [0.1, 0.15) is 0 Å². The summed E-state index contributed by atoms with van der Waals surface area (Å²) in [6.45, 7) is 7.05. The molecule has 0 atom stereocenters. The van der Waals surface area contributed by atoms with Crippen LogP contribution in [0.4, 0.5) is 0 Å². The van der Waals surface area contributed by atoms with Crippen molar-refractivity contribution in [3.05, 3.63) is 35.9 Å². The van der Waals surface area contributed by atoms with E-state index in [4.69, 9.17) is 0 Å². The molecule has 24 heavy (non-hydrogen) atoms. The Morgan fingerprint density at radius 2 is 1.12 bits per heavy atom. The van der Waals surface area contributed by atoms with Gasteiger partial charge < -0.3 is 0 Å². The molecular formula is C22H40BrP. The van der Waals surface area contributed by atoms with E-state index in [2.05, 4.69) is 66.6 Å². The van der Waals surface area contributed by atoms with Crippen molar-refractivity contribution in [2.45, 2.75) is 78.6 Å². The standard InChI is InChI=1S/C22H40BrP/c1-4-7-18-24(23,19-8-5-2,20-9-6-3)21-14-13-17-22-15-11-10-12-16-22/h10-12,15-16H,4-9,13-14,17-21H2,1-3H3. The molecule has 0 spiro atoms. The van der Waals surface area contributed by atoms with Crippen LogP contribution in [0.25, 0.3) is 0 Å². The normalized spacial score (nSPS) is 13.6. The third-order valence-electron chi connectivity index (χ3n) is 5.49. The van der Waals surface area contributed by atoms with Crippen molar-refractivity contribution in [2.75, 3.05) is 24.6 Å². The molecule has 0 saturated carbocycles. The van der Waals surface area contributed by atoms with Crippen molar-refractivity contribution >= 4 is 20.8 Å². The fourth-order valence-corrected chi connectivity index (χ4v) is 12.5. The van der Waals surface area contributed by atoms with Crippen molar-refractivity contribution in [2.24, 2.45) is 0 Å². The molecule has 2 heteroatoms. The molecule has 1 aromatic rings. The summed E-state index contributed by atoms with van der Waals surface area (Å²) >= 11 is 4.51. The molecule has 0 amide bonds. The van der Waals surface area contributed by atoms with E-state index in [1.165, 1.54) is 88.0 Å². The van der Waals surface area contributed by atoms with E-state index in [1.54, 1.807) is 0 Å². The van der Waals surface area contributed by atoms with Crippen molar-refractivity contribution in [3.63, 3.8) is 0 Å². The fourth-order valence-electron chi connectivity index (χ4n) is 3.81. The zero-order valence-corrected chi connectivity index (χ0v) is 18.9. The van der Waals surface area contributed by atoms with Crippen molar-refractivity contribution in [1.29, 1.82) is 0 Å². The molecule has 1 aromatic carbocycles. The van der Waals surface area contributed by atoms with Gasteiger partial charge in [-0.2, -0.15) is 0 Å². The maximum atomic E-state index is 4.51. The molecular weight excluding hydrogens is 375 g/mol. The molecule has 0 fully saturated rings. The van der Waals surface area contributed by atoms with Gasteiger partial charge in [0.2, 0.25) is 0 Å². The Bertz CT molecular complexity index is 404. The second-order valence-electron chi connectivity index (χ2n) is 7.72. The van der Waals surface area contributed by atoms with Crippen LogP contribution in [0.2, 0.25) is 0 Å². The van der Waals surface area contributed by atoms with Crippen LogP contribution in [0.1, 0.15) is 77.7 Å². The fraction of sp³-hybridized carbons (Fsp3) is 0.727. The quantitative estimate of drug-likeness (QED) is 0.212. The van der Waals surface area contributed by atoms with Crippen LogP contribution in [-0.2, 0) is 6.42 Å². The minimum absolute atomic E-state index is 1.25. The molecule has 0 aliphatic heterocycles. The third kappa shape index (κ3) is 8.01. The van der Waals surface area contributed by atoms with Gasteiger partial charge in [0, 0.05) is 0 Å². The average molecular weight is 415 g/mol. The molecule has 0 unspecified atom stereocenters. The van der Waals surface area contributed by atoms with Crippen LogP contribution in [-0.4, -0.2) is 24.6 Å². The number of hydrogen-bond donors (Lipinski definition) is 0. The van der Waals surface area contributed by atoms with E-state index >= 15 is 0 Å². The van der Waals surface area contributed by atoms with Crippen LogP contribution in [0.3, 0.4) is 0 Å². The zero-order valence-electron chi connectivity index (χ0n) is 16.4. The van der Waals surface area contributed by atoms with Crippen LogP contribution >= 0.6 is 20.8 Å². The van der Waals surface area contributed by atoms with E-state index in [1.807, 2.05) is 0 Å². The minimum atomic E-state index is -1.67. The maximum absolute atomic E-state index is 4.51. The van der Waals surface area contributed by atoms with Crippen molar-refractivity contribution in [3.8, 4) is 0 Å². The second-order valence-corrected chi connectivity index (χ2v) is 19.2. The first-order chi connectivity index (χ1) is 11.6. The number of hydrogen-bond acceptors (Lipinski definition) is 0. The molecule has 0 N–H and O–H groups in total. The first-order valence-electron chi connectivity index (χ1n) is 10.3. The van der Waals surface area contributed by atoms with Crippen molar-refractivity contribution in [1.82, 2.24) is 0 Å². The van der Waals surface area contributed by atoms with Gasteiger partial charge in [-0.1, -0.05) is 0 Å². The molecule has 0 bridgehead atoms. The molecule has 0 aliphatic carbocycles. The summed E-state index contributed by atoms with van der Waals surface area (Å²) < 4.78 is 0. The van der Waals surface area contributed by atoms with E-state index in [-0.39, 0.29) is 0 Å². The van der Waals surface area contributed by atoms with Crippen LogP contribution in [0.5, 0.6) is 0 Å². The van der Waals surface area contributed by atoms with E-state index < -0.39 is 5.31 Å². The van der Waals surface area contributed by atoms with E-state index in [0.717, 1.165) is 0 Å². The van der Waals surface area contributed by atoms with Gasteiger partial charge in [0.15, 0.2) is 0 Å². The number of aryl methyl sites for hydroxylation is 1. The Labute approximate surface area is 159 Å². The first-order valence-corrected chi connectivity index (χ1v) is 15.3. The molecule has 0 radical (unpaired) electrons. The zero-order chi connectivity index (χ0) is 17.8. The van der Waals surface area contributed by atoms with Crippen LogP contribution < -0.4 is 0 Å². The average Bonchev–Trinajstić information content (AvgIpc) is 2.62. The van der Waals surface area contributed by atoms with Gasteiger partial charge in [-0.25, -0.2) is 0 Å². The van der Waals surface area contributed by atoms with Crippen LogP contribution in [0.15, 0.2) is 30.3 Å². The summed E-state index contributed by atoms with van der Waals surface area (Å²) in [6.07, 6.45) is 18.2. The monoisotopic (exact) mass is 414 g/mol. The van der Waals surface area contributed by atoms with Gasteiger partial charge >= 0.3 is 160 Å². The number of benzene rings is 1. The molecule has 0 nitrogen and oxygen atoms in total. The Kier molecular flexibility index (Phi) is 10.8. The predicted molar refractivity (Wildman–Crippen MR) is 119 cm³/mol. The number of rotatable bonds is 14. The summed E-state index contributed by atoms with van der Waals surface area (Å²) in [5.41, 5.74) is 1.50. The number of unbranched alkanes of at least 4 members (excludes halogenated alkanes) is 4. The van der Waals surface area contributed by atoms with Gasteiger partial charge in [0.05, 0.1) is 0 Å². The van der Waals surface area contributed by atoms with Crippen LogP contribution in [0, 0.1) is 0 Å². The molecule has 0 aliphatic rings. The van der Waals surface area contributed by atoms with E-state index in [9.17, 15) is 0 Å². The summed E-state index contributed by atoms with van der Waals surface area (Å²) in [6, 6.07) is 11.0. The van der Waals surface area contributed by atoms with Gasteiger partial charge in [0.25, 0.3) is 0 Å². The summed E-state index contributed by atoms with van der Waals surface area (Å²) in [7, 11) is 0. The second kappa shape index (κ2) is 11.7.